The van der Waals surface area contributed by atoms with Gasteiger partial charge in [0.15, 0.2) is 0 Å². The second-order valence-corrected chi connectivity index (χ2v) is 5.18. The maximum absolute atomic E-state index is 12.3. The highest BCUT2D eigenvalue weighted by atomic mass is 16.1. The molecule has 0 saturated carbocycles. The number of rotatable bonds is 1. The van der Waals surface area contributed by atoms with Gasteiger partial charge in [0.05, 0.1) is 0 Å². The average molecular weight is 230 g/mol. The number of hydrogen-bond donors (Lipinski definition) is 0. The van der Waals surface area contributed by atoms with E-state index in [1.807, 2.05) is 26.2 Å². The monoisotopic (exact) mass is 230 g/mol. The topological polar surface area (TPSA) is 26.4 Å². The van der Waals surface area contributed by atoms with Gasteiger partial charge in [0.2, 0.25) is 0 Å². The third-order valence-corrected chi connectivity index (χ3v) is 3.73. The molecule has 0 bridgehead atoms. The lowest BCUT2D eigenvalue weighted by atomic mass is 9.98. The maximum atomic E-state index is 12.3. The predicted molar refractivity (Wildman–Crippen MR) is 68.7 cm³/mol. The Labute approximate surface area is 101 Å². The Morgan fingerprint density at radius 2 is 1.94 bits per heavy atom. The second-order valence-electron chi connectivity index (χ2n) is 5.18. The highest BCUT2D eigenvalue weighted by Crippen LogP contribution is 2.23. The standard InChI is InChI=1S/C14H18N2O/c1-10(2)15-7-8-16-12-6-4-3-5-11(12)9-13(16)14(15)17/h7-10H,3-6H2,1-2H3. The molecule has 0 atom stereocenters. The molecule has 1 aliphatic rings. The minimum Gasteiger partial charge on any atom is -0.314 e. The molecule has 2 aromatic heterocycles. The summed E-state index contributed by atoms with van der Waals surface area (Å²) in [6.07, 6.45) is 8.68. The zero-order chi connectivity index (χ0) is 12.0. The molecule has 2 heterocycles. The Kier molecular flexibility index (Phi) is 2.35. The zero-order valence-electron chi connectivity index (χ0n) is 10.4. The van der Waals surface area contributed by atoms with Crippen molar-refractivity contribution in [1.29, 1.82) is 0 Å². The molecule has 3 rings (SSSR count). The van der Waals surface area contributed by atoms with Crippen molar-refractivity contribution in [3.05, 3.63) is 40.1 Å². The van der Waals surface area contributed by atoms with Crippen molar-refractivity contribution in [3.63, 3.8) is 0 Å². The van der Waals surface area contributed by atoms with Gasteiger partial charge in [-0.15, -0.1) is 0 Å². The van der Waals surface area contributed by atoms with Gasteiger partial charge < -0.3 is 8.97 Å². The third-order valence-electron chi connectivity index (χ3n) is 3.73. The Morgan fingerprint density at radius 3 is 2.71 bits per heavy atom. The SMILES string of the molecule is CC(C)n1ccn2c3c(cc2c1=O)CCCC3. The summed E-state index contributed by atoms with van der Waals surface area (Å²) in [6, 6.07) is 2.31. The van der Waals surface area contributed by atoms with Gasteiger partial charge in [-0.1, -0.05) is 0 Å². The van der Waals surface area contributed by atoms with Gasteiger partial charge in [0, 0.05) is 24.1 Å². The quantitative estimate of drug-likeness (QED) is 0.739. The van der Waals surface area contributed by atoms with Crippen molar-refractivity contribution in [2.24, 2.45) is 0 Å². The van der Waals surface area contributed by atoms with Crippen LogP contribution < -0.4 is 5.56 Å². The summed E-state index contributed by atoms with van der Waals surface area (Å²) in [5, 5.41) is 0. The summed E-state index contributed by atoms with van der Waals surface area (Å²) in [7, 11) is 0. The van der Waals surface area contributed by atoms with Crippen LogP contribution in [0.15, 0.2) is 23.3 Å². The molecule has 2 aromatic rings. The van der Waals surface area contributed by atoms with E-state index in [2.05, 4.69) is 10.5 Å². The molecule has 1 aliphatic carbocycles. The van der Waals surface area contributed by atoms with Crippen LogP contribution in [0.1, 0.15) is 44.0 Å². The third kappa shape index (κ3) is 1.53. The molecule has 0 unspecified atom stereocenters. The van der Waals surface area contributed by atoms with Gasteiger partial charge in [-0.2, -0.15) is 0 Å². The second kappa shape index (κ2) is 3.76. The fourth-order valence-corrected chi connectivity index (χ4v) is 2.80. The Hall–Kier alpha value is -1.51. The number of aryl methyl sites for hydroxylation is 2. The van der Waals surface area contributed by atoms with Crippen molar-refractivity contribution in [2.45, 2.75) is 45.6 Å². The molecule has 3 heteroatoms. The molecule has 0 amide bonds. The lowest BCUT2D eigenvalue weighted by Gasteiger charge is -2.13. The predicted octanol–water partition coefficient (Wildman–Crippen LogP) is 2.56. The van der Waals surface area contributed by atoms with E-state index in [1.165, 1.54) is 24.1 Å². The first-order valence-electron chi connectivity index (χ1n) is 6.42. The number of nitrogens with zero attached hydrogens (tertiary/aromatic N) is 2. The molecule has 0 fully saturated rings. The lowest BCUT2D eigenvalue weighted by molar-refractivity contribution is 0.575. The molecule has 17 heavy (non-hydrogen) atoms. The summed E-state index contributed by atoms with van der Waals surface area (Å²) in [5.74, 6) is 0. The van der Waals surface area contributed by atoms with E-state index in [0.717, 1.165) is 18.4 Å². The molecule has 0 N–H and O–H groups in total. The Morgan fingerprint density at radius 1 is 1.18 bits per heavy atom. The van der Waals surface area contributed by atoms with E-state index in [9.17, 15) is 4.79 Å². The molecule has 3 nitrogen and oxygen atoms in total. The minimum atomic E-state index is 0.136. The molecule has 0 aromatic carbocycles. The summed E-state index contributed by atoms with van der Waals surface area (Å²) in [5.41, 5.74) is 3.69. The van der Waals surface area contributed by atoms with Crippen molar-refractivity contribution in [3.8, 4) is 0 Å². The van der Waals surface area contributed by atoms with Crippen LogP contribution >= 0.6 is 0 Å². The zero-order valence-corrected chi connectivity index (χ0v) is 10.4. The summed E-state index contributed by atoms with van der Waals surface area (Å²) in [6.45, 7) is 4.08. The first kappa shape index (κ1) is 10.6. The van der Waals surface area contributed by atoms with Crippen molar-refractivity contribution >= 4 is 5.52 Å². The van der Waals surface area contributed by atoms with E-state index < -0.39 is 0 Å². The lowest BCUT2D eigenvalue weighted by Crippen LogP contribution is -2.22. The molecule has 0 spiro atoms. The van der Waals surface area contributed by atoms with Crippen molar-refractivity contribution in [1.82, 2.24) is 8.97 Å². The van der Waals surface area contributed by atoms with Gasteiger partial charge >= 0.3 is 0 Å². The fourth-order valence-electron chi connectivity index (χ4n) is 2.80. The van der Waals surface area contributed by atoms with Crippen LogP contribution in [0.4, 0.5) is 0 Å². The Bertz CT molecular complexity index is 619. The maximum Gasteiger partial charge on any atom is 0.275 e. The smallest absolute Gasteiger partial charge is 0.275 e. The van der Waals surface area contributed by atoms with Crippen LogP contribution in [0, 0.1) is 0 Å². The molecule has 0 radical (unpaired) electrons. The molecule has 0 saturated heterocycles. The van der Waals surface area contributed by atoms with E-state index >= 15 is 0 Å². The largest absolute Gasteiger partial charge is 0.314 e. The molecule has 0 aliphatic heterocycles. The van der Waals surface area contributed by atoms with Crippen molar-refractivity contribution < 1.29 is 0 Å². The normalized spacial score (nSPS) is 15.5. The van der Waals surface area contributed by atoms with Gasteiger partial charge in [0.1, 0.15) is 5.52 Å². The summed E-state index contributed by atoms with van der Waals surface area (Å²) in [4.78, 5) is 12.3. The Balaban J connectivity index is 2.31. The van der Waals surface area contributed by atoms with E-state index in [1.54, 1.807) is 4.57 Å². The first-order chi connectivity index (χ1) is 8.18. The number of fused-ring (bicyclic) bond motifs is 3. The minimum absolute atomic E-state index is 0.136. The first-order valence-corrected chi connectivity index (χ1v) is 6.42. The van der Waals surface area contributed by atoms with Crippen LogP contribution in [0.25, 0.3) is 5.52 Å². The van der Waals surface area contributed by atoms with Gasteiger partial charge in [-0.25, -0.2) is 0 Å². The van der Waals surface area contributed by atoms with Gasteiger partial charge in [-0.05, 0) is 51.2 Å². The van der Waals surface area contributed by atoms with Crippen LogP contribution in [-0.4, -0.2) is 8.97 Å². The van der Waals surface area contributed by atoms with E-state index in [4.69, 9.17) is 0 Å². The van der Waals surface area contributed by atoms with Gasteiger partial charge in [-0.3, -0.25) is 4.79 Å². The highest BCUT2D eigenvalue weighted by molar-refractivity contribution is 5.52. The van der Waals surface area contributed by atoms with Crippen molar-refractivity contribution in [2.75, 3.05) is 0 Å². The average Bonchev–Trinajstić information content (AvgIpc) is 2.69. The molecule has 90 valence electrons. The van der Waals surface area contributed by atoms with Crippen LogP contribution in [0.2, 0.25) is 0 Å². The summed E-state index contributed by atoms with van der Waals surface area (Å²) < 4.78 is 3.90. The van der Waals surface area contributed by atoms with Crippen LogP contribution in [0.3, 0.4) is 0 Å². The van der Waals surface area contributed by atoms with Gasteiger partial charge in [0.25, 0.3) is 5.56 Å². The fraction of sp³-hybridized carbons (Fsp3) is 0.500. The number of hydrogen-bond acceptors (Lipinski definition) is 1. The molecular formula is C14H18N2O. The number of aromatic nitrogens is 2. The van der Waals surface area contributed by atoms with E-state index in [0.29, 0.717) is 0 Å². The summed E-state index contributed by atoms with van der Waals surface area (Å²) >= 11 is 0. The van der Waals surface area contributed by atoms with E-state index in [-0.39, 0.29) is 11.6 Å². The highest BCUT2D eigenvalue weighted by Gasteiger charge is 2.16. The van der Waals surface area contributed by atoms with Crippen LogP contribution in [0.5, 0.6) is 0 Å². The molecular weight excluding hydrogens is 212 g/mol. The van der Waals surface area contributed by atoms with Crippen LogP contribution in [-0.2, 0) is 12.8 Å².